The molecular weight excluding hydrogens is 260 g/mol. The van der Waals surface area contributed by atoms with E-state index in [1.807, 2.05) is 0 Å². The van der Waals surface area contributed by atoms with Gasteiger partial charge in [-0.3, -0.25) is 10.1 Å². The first-order valence-electron chi connectivity index (χ1n) is 6.57. The summed E-state index contributed by atoms with van der Waals surface area (Å²) in [5.41, 5.74) is 0.224. The largest absolute Gasteiger partial charge is 0.477 e. The monoisotopic (exact) mass is 278 g/mol. The van der Waals surface area contributed by atoms with Gasteiger partial charge in [-0.15, -0.1) is 0 Å². The van der Waals surface area contributed by atoms with Crippen molar-refractivity contribution in [3.8, 4) is 0 Å². The molecule has 20 heavy (non-hydrogen) atoms. The Bertz CT molecular complexity index is 554. The zero-order valence-electron chi connectivity index (χ0n) is 11.5. The van der Waals surface area contributed by atoms with Crippen LogP contribution in [0.15, 0.2) is 18.2 Å². The van der Waals surface area contributed by atoms with Crippen LogP contribution in [0.1, 0.15) is 43.5 Å². The molecule has 0 aromatic heterocycles. The van der Waals surface area contributed by atoms with E-state index >= 15 is 0 Å². The van der Waals surface area contributed by atoms with Gasteiger partial charge in [-0.1, -0.05) is 13.8 Å². The molecule has 2 rings (SSSR count). The summed E-state index contributed by atoms with van der Waals surface area (Å²) in [5, 5.41) is 23.1. The van der Waals surface area contributed by atoms with Gasteiger partial charge in [0.1, 0.15) is 5.56 Å². The number of carbonyl (C=O) groups is 1. The van der Waals surface area contributed by atoms with Gasteiger partial charge in [-0.2, -0.15) is 0 Å². The first kappa shape index (κ1) is 14.3. The van der Waals surface area contributed by atoms with Gasteiger partial charge < -0.3 is 10.4 Å². The van der Waals surface area contributed by atoms with E-state index in [0.717, 1.165) is 19.3 Å². The fraction of sp³-hybridized carbons (Fsp3) is 0.500. The standard InChI is InChI=1S/C14H18N2O4/c1-14(2)6-5-10(8-14)15-9-3-4-11(13(17)18)12(7-9)16(19)20/h3-4,7,10,15H,5-6,8H2,1-2H3,(H,17,18). The molecule has 6 heteroatoms. The summed E-state index contributed by atoms with van der Waals surface area (Å²) >= 11 is 0. The third-order valence-electron chi connectivity index (χ3n) is 3.76. The maximum absolute atomic E-state index is 10.9. The van der Waals surface area contributed by atoms with Crippen LogP contribution in [0.25, 0.3) is 0 Å². The lowest BCUT2D eigenvalue weighted by Gasteiger charge is -2.18. The Hall–Kier alpha value is -2.11. The number of hydrogen-bond donors (Lipinski definition) is 2. The number of nitrogens with one attached hydrogen (secondary N) is 1. The van der Waals surface area contributed by atoms with Crippen LogP contribution in [0.5, 0.6) is 0 Å². The Balaban J connectivity index is 2.20. The van der Waals surface area contributed by atoms with E-state index < -0.39 is 10.9 Å². The van der Waals surface area contributed by atoms with Gasteiger partial charge in [0.25, 0.3) is 5.69 Å². The van der Waals surface area contributed by atoms with Crippen molar-refractivity contribution in [2.24, 2.45) is 5.41 Å². The van der Waals surface area contributed by atoms with Crippen LogP contribution >= 0.6 is 0 Å². The SMILES string of the molecule is CC1(C)CCC(Nc2ccc(C(=O)O)c([N+](=O)[O-])c2)C1. The second kappa shape index (κ2) is 5.11. The van der Waals surface area contributed by atoms with E-state index in [1.165, 1.54) is 12.1 Å². The molecule has 2 N–H and O–H groups in total. The zero-order chi connectivity index (χ0) is 14.9. The summed E-state index contributed by atoms with van der Waals surface area (Å²) in [6.07, 6.45) is 3.13. The number of benzene rings is 1. The predicted molar refractivity (Wildman–Crippen MR) is 75.1 cm³/mol. The van der Waals surface area contributed by atoms with Crippen molar-refractivity contribution in [3.05, 3.63) is 33.9 Å². The average Bonchev–Trinajstić information content (AvgIpc) is 2.68. The average molecular weight is 278 g/mol. The minimum Gasteiger partial charge on any atom is -0.477 e. The minimum atomic E-state index is -1.29. The quantitative estimate of drug-likeness (QED) is 0.651. The van der Waals surface area contributed by atoms with E-state index in [1.54, 1.807) is 6.07 Å². The van der Waals surface area contributed by atoms with Crippen LogP contribution in [-0.4, -0.2) is 22.0 Å². The fourth-order valence-corrected chi connectivity index (χ4v) is 2.75. The summed E-state index contributed by atoms with van der Waals surface area (Å²) in [6.45, 7) is 4.40. The number of rotatable bonds is 4. The van der Waals surface area contributed by atoms with E-state index in [2.05, 4.69) is 19.2 Å². The molecule has 1 atom stereocenters. The van der Waals surface area contributed by atoms with Crippen LogP contribution in [0.2, 0.25) is 0 Å². The molecule has 1 fully saturated rings. The van der Waals surface area contributed by atoms with Crippen molar-refractivity contribution in [2.45, 2.75) is 39.2 Å². The van der Waals surface area contributed by atoms with Gasteiger partial charge >= 0.3 is 5.97 Å². The number of anilines is 1. The van der Waals surface area contributed by atoms with E-state index in [9.17, 15) is 14.9 Å². The Morgan fingerprint density at radius 3 is 2.70 bits per heavy atom. The molecule has 1 aliphatic rings. The lowest BCUT2D eigenvalue weighted by molar-refractivity contribution is -0.385. The predicted octanol–water partition coefficient (Wildman–Crippen LogP) is 3.28. The molecule has 0 saturated heterocycles. The molecule has 0 bridgehead atoms. The van der Waals surface area contributed by atoms with Gasteiger partial charge in [0.05, 0.1) is 4.92 Å². The van der Waals surface area contributed by atoms with Crippen molar-refractivity contribution in [3.63, 3.8) is 0 Å². The molecule has 0 heterocycles. The minimum absolute atomic E-state index is 0.278. The van der Waals surface area contributed by atoms with Crippen molar-refractivity contribution in [2.75, 3.05) is 5.32 Å². The molecule has 108 valence electrons. The number of aromatic carboxylic acids is 1. The summed E-state index contributed by atoms with van der Waals surface area (Å²) in [7, 11) is 0. The Morgan fingerprint density at radius 2 is 2.20 bits per heavy atom. The highest BCUT2D eigenvalue weighted by Crippen LogP contribution is 2.38. The van der Waals surface area contributed by atoms with Gasteiger partial charge in [0.2, 0.25) is 0 Å². The van der Waals surface area contributed by atoms with Crippen molar-refractivity contribution < 1.29 is 14.8 Å². The van der Waals surface area contributed by atoms with Crippen LogP contribution in [0.4, 0.5) is 11.4 Å². The zero-order valence-corrected chi connectivity index (χ0v) is 11.5. The van der Waals surface area contributed by atoms with E-state index in [0.29, 0.717) is 5.69 Å². The van der Waals surface area contributed by atoms with Gasteiger partial charge in [0.15, 0.2) is 0 Å². The molecule has 1 aromatic carbocycles. The lowest BCUT2D eigenvalue weighted by Crippen LogP contribution is -2.17. The van der Waals surface area contributed by atoms with Crippen molar-refractivity contribution in [1.82, 2.24) is 0 Å². The van der Waals surface area contributed by atoms with Crippen LogP contribution in [0, 0.1) is 15.5 Å². The molecule has 6 nitrogen and oxygen atoms in total. The summed E-state index contributed by atoms with van der Waals surface area (Å²) in [5.74, 6) is -1.29. The molecule has 0 amide bonds. The number of nitro benzene ring substituents is 1. The van der Waals surface area contributed by atoms with Crippen LogP contribution in [-0.2, 0) is 0 Å². The molecule has 0 spiro atoms. The second-order valence-electron chi connectivity index (χ2n) is 6.04. The first-order chi connectivity index (χ1) is 9.28. The smallest absolute Gasteiger partial charge is 0.342 e. The highest BCUT2D eigenvalue weighted by molar-refractivity contribution is 5.93. The molecule has 0 radical (unpaired) electrons. The molecule has 1 aromatic rings. The molecule has 1 unspecified atom stereocenters. The second-order valence-corrected chi connectivity index (χ2v) is 6.04. The lowest BCUT2D eigenvalue weighted by atomic mass is 9.92. The molecule has 0 aliphatic heterocycles. The van der Waals surface area contributed by atoms with E-state index in [4.69, 9.17) is 5.11 Å². The maximum atomic E-state index is 10.9. The fourth-order valence-electron chi connectivity index (χ4n) is 2.75. The molecule has 1 saturated carbocycles. The van der Waals surface area contributed by atoms with Gasteiger partial charge in [-0.25, -0.2) is 4.79 Å². The highest BCUT2D eigenvalue weighted by Gasteiger charge is 2.31. The van der Waals surface area contributed by atoms with Crippen LogP contribution in [0.3, 0.4) is 0 Å². The Kier molecular flexibility index (Phi) is 3.65. The third-order valence-corrected chi connectivity index (χ3v) is 3.76. The number of nitro groups is 1. The van der Waals surface area contributed by atoms with Crippen molar-refractivity contribution in [1.29, 1.82) is 0 Å². The third kappa shape index (κ3) is 3.07. The molecular formula is C14H18N2O4. The normalized spacial score (nSPS) is 20.6. The number of carboxylic acids is 1. The first-order valence-corrected chi connectivity index (χ1v) is 6.57. The summed E-state index contributed by atoms with van der Waals surface area (Å²) in [4.78, 5) is 21.2. The number of nitrogens with zero attached hydrogens (tertiary/aromatic N) is 1. The van der Waals surface area contributed by atoms with Crippen molar-refractivity contribution >= 4 is 17.3 Å². The van der Waals surface area contributed by atoms with Gasteiger partial charge in [0, 0.05) is 17.8 Å². The number of hydrogen-bond acceptors (Lipinski definition) is 4. The summed E-state index contributed by atoms with van der Waals surface area (Å²) in [6, 6.07) is 4.44. The highest BCUT2D eigenvalue weighted by atomic mass is 16.6. The van der Waals surface area contributed by atoms with E-state index in [-0.39, 0.29) is 22.7 Å². The Morgan fingerprint density at radius 1 is 1.50 bits per heavy atom. The van der Waals surface area contributed by atoms with Crippen LogP contribution < -0.4 is 5.32 Å². The molecule has 1 aliphatic carbocycles. The van der Waals surface area contributed by atoms with Gasteiger partial charge in [-0.05, 0) is 36.8 Å². The maximum Gasteiger partial charge on any atom is 0.342 e. The number of carboxylic acid groups (broad SMARTS) is 1. The topological polar surface area (TPSA) is 92.5 Å². The Labute approximate surface area is 117 Å². The summed E-state index contributed by atoms with van der Waals surface area (Å²) < 4.78 is 0.